The quantitative estimate of drug-likeness (QED) is 0.283. The molecule has 0 amide bonds. The monoisotopic (exact) mass is 445 g/mol. The molecule has 0 bridgehead atoms. The highest BCUT2D eigenvalue weighted by Gasteiger charge is 2.17. The van der Waals surface area contributed by atoms with E-state index in [1.54, 1.807) is 0 Å². The van der Waals surface area contributed by atoms with Gasteiger partial charge in [-0.25, -0.2) is 4.57 Å². The Labute approximate surface area is 190 Å². The molecule has 2 atom stereocenters. The van der Waals surface area contributed by atoms with Crippen LogP contribution in [0.5, 0.6) is 0 Å². The molecule has 6 nitrogen and oxygen atoms in total. The highest BCUT2D eigenvalue weighted by Crippen LogP contribution is 2.33. The van der Waals surface area contributed by atoms with Crippen LogP contribution >= 0.6 is 9.24 Å². The highest BCUT2D eigenvalue weighted by molar-refractivity contribution is 7.19. The Balaban J connectivity index is 1.31. The third-order valence-corrected chi connectivity index (χ3v) is 5.42. The third-order valence-electron chi connectivity index (χ3n) is 5.11. The number of hydrogen-bond acceptors (Lipinski definition) is 5. The van der Waals surface area contributed by atoms with E-state index in [2.05, 4.69) is 29.0 Å². The molecule has 1 aliphatic heterocycles. The number of pyridine rings is 2. The number of aryl methyl sites for hydroxylation is 1. The highest BCUT2D eigenvalue weighted by atomic mass is 31.0. The Bertz CT molecular complexity index is 1140. The molecule has 0 saturated carbocycles. The van der Waals surface area contributed by atoms with Crippen molar-refractivity contribution >= 4 is 27.0 Å². The molecule has 3 heterocycles. The zero-order valence-electron chi connectivity index (χ0n) is 18.0. The van der Waals surface area contributed by atoms with Gasteiger partial charge in [0.25, 0.3) is 0 Å². The van der Waals surface area contributed by atoms with Crippen LogP contribution in [0.2, 0.25) is 0 Å². The molecule has 0 spiro atoms. The van der Waals surface area contributed by atoms with Crippen molar-refractivity contribution in [2.24, 2.45) is 10.2 Å². The molecule has 1 aliphatic rings. The minimum absolute atomic E-state index is 0.174. The zero-order valence-corrected chi connectivity index (χ0v) is 19.2. The van der Waals surface area contributed by atoms with Gasteiger partial charge in [0.2, 0.25) is 0 Å². The molecule has 32 heavy (non-hydrogen) atoms. The lowest BCUT2D eigenvalue weighted by molar-refractivity contribution is -0.697. The maximum absolute atomic E-state index is 12.0. The van der Waals surface area contributed by atoms with Crippen LogP contribution < -0.4 is 4.57 Å². The molecule has 3 aromatic rings. The summed E-state index contributed by atoms with van der Waals surface area (Å²) in [5.74, 6) is -0.174. The number of esters is 1. The molecule has 0 aliphatic carbocycles. The van der Waals surface area contributed by atoms with Gasteiger partial charge in [0.1, 0.15) is 24.1 Å². The molecule has 7 heteroatoms. The number of ether oxygens (including phenoxy) is 1. The van der Waals surface area contributed by atoms with Gasteiger partial charge in [-0.05, 0) is 36.3 Å². The van der Waals surface area contributed by atoms with E-state index in [-0.39, 0.29) is 5.97 Å². The summed E-state index contributed by atoms with van der Waals surface area (Å²) in [6.07, 6.45) is 10.9. The number of benzene rings is 1. The first-order valence-corrected chi connectivity index (χ1v) is 11.2. The molecule has 1 aromatic carbocycles. The van der Waals surface area contributed by atoms with Crippen molar-refractivity contribution in [3.63, 3.8) is 0 Å². The topological polar surface area (TPSA) is 67.8 Å². The van der Waals surface area contributed by atoms with Gasteiger partial charge in [0.05, 0.1) is 12.1 Å². The number of rotatable bonds is 7. The second-order valence-corrected chi connectivity index (χ2v) is 9.13. The second kappa shape index (κ2) is 9.92. The van der Waals surface area contributed by atoms with Gasteiger partial charge < -0.3 is 4.74 Å². The summed E-state index contributed by atoms with van der Waals surface area (Å²) in [4.78, 5) is 16.5. The van der Waals surface area contributed by atoms with Crippen molar-refractivity contribution in [2.45, 2.75) is 38.2 Å². The fraction of sp³-hybridized carbons (Fsp3) is 0.240. The van der Waals surface area contributed by atoms with Crippen molar-refractivity contribution in [1.29, 1.82) is 0 Å². The lowest BCUT2D eigenvalue weighted by atomic mass is 10.1. The number of carbonyl (C=O) groups excluding carboxylic acids is 1. The van der Waals surface area contributed by atoms with Gasteiger partial charge in [-0.2, -0.15) is 10.2 Å². The number of aromatic nitrogens is 2. The molecule has 162 valence electrons. The predicted octanol–water partition coefficient (Wildman–Crippen LogP) is 5.26. The van der Waals surface area contributed by atoms with Gasteiger partial charge in [0.15, 0.2) is 12.4 Å². The smallest absolute Gasteiger partial charge is 0.306 e. The Morgan fingerprint density at radius 2 is 1.91 bits per heavy atom. The Morgan fingerprint density at radius 1 is 1.12 bits per heavy atom. The average molecular weight is 445 g/mol. The van der Waals surface area contributed by atoms with Crippen molar-refractivity contribution < 1.29 is 14.1 Å². The van der Waals surface area contributed by atoms with Crippen LogP contribution in [0.25, 0.3) is 17.2 Å². The van der Waals surface area contributed by atoms with E-state index in [1.165, 1.54) is 0 Å². The summed E-state index contributed by atoms with van der Waals surface area (Å²) in [6, 6.07) is 15.8. The summed E-state index contributed by atoms with van der Waals surface area (Å²) in [5.41, 5.74) is 4.61. The Hall–Kier alpha value is -3.24. The van der Waals surface area contributed by atoms with Gasteiger partial charge in [-0.3, -0.25) is 9.78 Å². The largest absolute Gasteiger partial charge is 0.461 e. The number of hydrogen-bond donors (Lipinski definition) is 0. The van der Waals surface area contributed by atoms with Crippen LogP contribution in [-0.4, -0.2) is 16.2 Å². The minimum Gasteiger partial charge on any atom is -0.461 e. The van der Waals surface area contributed by atoms with Crippen LogP contribution in [-0.2, 0) is 22.7 Å². The Kier molecular flexibility index (Phi) is 6.81. The standard InChI is InChI=1S/C25H26N4O2P/c1-25(32)12-9-22-23(27-28-25)16-21(17-26-22)20-10-14-29(15-11-20)13-5-8-24(30)31-18-19-6-3-2-4-7-19/h2-4,6-7,9-12,14-17H,5,8,13,18,32H2,1H3/q+1. The van der Waals surface area contributed by atoms with Crippen LogP contribution in [0.15, 0.2) is 83.4 Å². The van der Waals surface area contributed by atoms with Crippen molar-refractivity contribution in [1.82, 2.24) is 4.98 Å². The summed E-state index contributed by atoms with van der Waals surface area (Å²) >= 11 is 0. The van der Waals surface area contributed by atoms with Gasteiger partial charge in [-0.15, -0.1) is 9.24 Å². The van der Waals surface area contributed by atoms with Crippen molar-refractivity contribution in [2.75, 3.05) is 0 Å². The Morgan fingerprint density at radius 3 is 2.69 bits per heavy atom. The zero-order chi connectivity index (χ0) is 22.4. The molecule has 0 radical (unpaired) electrons. The van der Waals surface area contributed by atoms with Crippen LogP contribution in [0.3, 0.4) is 0 Å². The van der Waals surface area contributed by atoms with Crippen molar-refractivity contribution in [3.05, 3.63) is 84.5 Å². The summed E-state index contributed by atoms with van der Waals surface area (Å²) in [7, 11) is 2.68. The number of nitrogens with zero attached hydrogens (tertiary/aromatic N) is 4. The maximum atomic E-state index is 12.0. The molecule has 2 aromatic heterocycles. The van der Waals surface area contributed by atoms with E-state index < -0.39 is 5.28 Å². The van der Waals surface area contributed by atoms with E-state index in [0.29, 0.717) is 13.0 Å². The molecule has 0 saturated heterocycles. The average Bonchev–Trinajstić information content (AvgIpc) is 2.96. The molecular weight excluding hydrogens is 419 g/mol. The molecule has 4 rings (SSSR count). The third kappa shape index (κ3) is 5.92. The summed E-state index contributed by atoms with van der Waals surface area (Å²) in [5, 5.41) is 8.30. The molecule has 0 N–H and O–H groups in total. The number of fused-ring (bicyclic) bond motifs is 1. The van der Waals surface area contributed by atoms with E-state index in [9.17, 15) is 4.79 Å². The number of carbonyl (C=O) groups is 1. The molecular formula is C25H26N4O2P+. The normalized spacial score (nSPS) is 16.9. The van der Waals surface area contributed by atoms with E-state index in [1.807, 2.05) is 86.2 Å². The van der Waals surface area contributed by atoms with E-state index >= 15 is 0 Å². The van der Waals surface area contributed by atoms with Gasteiger partial charge >= 0.3 is 5.97 Å². The summed E-state index contributed by atoms with van der Waals surface area (Å²) < 4.78 is 7.39. The van der Waals surface area contributed by atoms with Crippen LogP contribution in [0, 0.1) is 0 Å². The van der Waals surface area contributed by atoms with E-state index in [0.717, 1.165) is 41.0 Å². The van der Waals surface area contributed by atoms with Gasteiger partial charge in [0, 0.05) is 30.3 Å². The SMILES string of the molecule is CC1(P)C=Cc2ncc(-c3cc[n+](CCCC(=O)OCc4ccccc4)cc3)cc2N=N1. The second-order valence-electron chi connectivity index (χ2n) is 7.96. The number of azo groups is 1. The summed E-state index contributed by atoms with van der Waals surface area (Å²) in [6.45, 7) is 3.04. The van der Waals surface area contributed by atoms with Crippen molar-refractivity contribution in [3.8, 4) is 11.1 Å². The first kappa shape index (κ1) is 22.0. The first-order chi connectivity index (χ1) is 15.5. The van der Waals surface area contributed by atoms with Crippen LogP contribution in [0.4, 0.5) is 5.69 Å². The van der Waals surface area contributed by atoms with Crippen LogP contribution in [0.1, 0.15) is 31.0 Å². The fourth-order valence-corrected chi connectivity index (χ4v) is 3.44. The first-order valence-electron chi connectivity index (χ1n) is 10.6. The predicted molar refractivity (Wildman–Crippen MR) is 127 cm³/mol. The molecule has 2 unspecified atom stereocenters. The van der Waals surface area contributed by atoms with E-state index in [4.69, 9.17) is 4.74 Å². The minimum atomic E-state index is -0.410. The lowest BCUT2D eigenvalue weighted by Crippen LogP contribution is -2.32. The van der Waals surface area contributed by atoms with Gasteiger partial charge in [-0.1, -0.05) is 30.3 Å². The maximum Gasteiger partial charge on any atom is 0.306 e. The fourth-order valence-electron chi connectivity index (χ4n) is 3.29. The molecule has 0 fully saturated rings. The lowest BCUT2D eigenvalue weighted by Gasteiger charge is -2.09.